The Morgan fingerprint density at radius 1 is 1.29 bits per heavy atom. The minimum Gasteiger partial charge on any atom is -0.361 e. The number of anilines is 1. The van der Waals surface area contributed by atoms with Gasteiger partial charge in [0.15, 0.2) is 5.82 Å². The summed E-state index contributed by atoms with van der Waals surface area (Å²) in [5.41, 5.74) is 4.95. The van der Waals surface area contributed by atoms with Gasteiger partial charge in [0.05, 0.1) is 6.20 Å². The number of nitrogens with zero attached hydrogens (tertiary/aromatic N) is 2. The number of nitrogens with one attached hydrogen (secondary N) is 2. The molecule has 0 unspecified atom stereocenters. The fourth-order valence-electron chi connectivity index (χ4n) is 2.86. The summed E-state index contributed by atoms with van der Waals surface area (Å²) >= 11 is 0. The first-order chi connectivity index (χ1) is 11.6. The van der Waals surface area contributed by atoms with Crippen molar-refractivity contribution < 1.29 is 14.3 Å². The molecule has 0 radical (unpaired) electrons. The van der Waals surface area contributed by atoms with Crippen molar-refractivity contribution in [3.63, 3.8) is 0 Å². The zero-order valence-electron chi connectivity index (χ0n) is 12.7. The van der Waals surface area contributed by atoms with Gasteiger partial charge in [-0.15, -0.1) is 0 Å². The van der Waals surface area contributed by atoms with E-state index in [1.165, 1.54) is 0 Å². The standard InChI is InChI=1S/C17H13FN4O2/c1-10-6-11-4-5-19-14(11)7-13(10)12-2-3-16-20-15(9-22(16)8-12)21-17(23)24-18/h2-9,19H,1H3,(H,21,23). The second-order valence-corrected chi connectivity index (χ2v) is 5.53. The lowest BCUT2D eigenvalue weighted by molar-refractivity contribution is -0.0544. The topological polar surface area (TPSA) is 71.4 Å². The van der Waals surface area contributed by atoms with Crippen LogP contribution in [0.2, 0.25) is 0 Å². The summed E-state index contributed by atoms with van der Waals surface area (Å²) in [4.78, 5) is 21.4. The van der Waals surface area contributed by atoms with Gasteiger partial charge in [-0.05, 0) is 59.3 Å². The molecule has 2 N–H and O–H groups in total. The van der Waals surface area contributed by atoms with Gasteiger partial charge in [0.1, 0.15) is 5.65 Å². The fourth-order valence-corrected chi connectivity index (χ4v) is 2.86. The Morgan fingerprint density at radius 2 is 2.17 bits per heavy atom. The molecule has 0 atom stereocenters. The van der Waals surface area contributed by atoms with Crippen molar-refractivity contribution >= 4 is 28.5 Å². The fraction of sp³-hybridized carbons (Fsp3) is 0.0588. The largest absolute Gasteiger partial charge is 0.450 e. The van der Waals surface area contributed by atoms with E-state index in [-0.39, 0.29) is 5.82 Å². The first-order valence-electron chi connectivity index (χ1n) is 7.30. The third-order valence-corrected chi connectivity index (χ3v) is 3.96. The van der Waals surface area contributed by atoms with E-state index in [1.54, 1.807) is 10.6 Å². The number of aromatic amines is 1. The van der Waals surface area contributed by atoms with Crippen LogP contribution in [0.3, 0.4) is 0 Å². The van der Waals surface area contributed by atoms with Crippen LogP contribution in [0.1, 0.15) is 5.56 Å². The summed E-state index contributed by atoms with van der Waals surface area (Å²) in [7, 11) is 0. The minimum atomic E-state index is -1.20. The normalized spacial score (nSPS) is 11.1. The van der Waals surface area contributed by atoms with Crippen molar-refractivity contribution in [2.45, 2.75) is 6.92 Å². The second-order valence-electron chi connectivity index (χ2n) is 5.53. The number of benzene rings is 1. The quantitative estimate of drug-likeness (QED) is 0.580. The maximum Gasteiger partial charge on any atom is 0.450 e. The molecule has 3 heterocycles. The highest BCUT2D eigenvalue weighted by atomic mass is 19.3. The summed E-state index contributed by atoms with van der Waals surface area (Å²) in [5, 5.41) is 3.36. The first-order valence-corrected chi connectivity index (χ1v) is 7.30. The second kappa shape index (κ2) is 5.38. The summed E-state index contributed by atoms with van der Waals surface area (Å²) in [6.45, 7) is 2.06. The van der Waals surface area contributed by atoms with Gasteiger partial charge in [-0.25, -0.2) is 14.7 Å². The van der Waals surface area contributed by atoms with Crippen LogP contribution in [0.25, 0.3) is 27.7 Å². The molecular weight excluding hydrogens is 311 g/mol. The number of fused-ring (bicyclic) bond motifs is 2. The summed E-state index contributed by atoms with van der Waals surface area (Å²) in [5.74, 6) is 0.214. The molecule has 0 saturated carbocycles. The highest BCUT2D eigenvalue weighted by Gasteiger charge is 2.10. The van der Waals surface area contributed by atoms with Gasteiger partial charge in [0, 0.05) is 22.4 Å². The van der Waals surface area contributed by atoms with E-state index in [0.29, 0.717) is 5.65 Å². The average Bonchev–Trinajstić information content (AvgIpc) is 3.18. The molecule has 4 aromatic rings. The Labute approximate surface area is 135 Å². The molecule has 0 aliphatic heterocycles. The van der Waals surface area contributed by atoms with E-state index in [9.17, 15) is 9.32 Å². The van der Waals surface area contributed by atoms with E-state index in [0.717, 1.165) is 27.6 Å². The summed E-state index contributed by atoms with van der Waals surface area (Å²) in [6, 6.07) is 10.1. The molecule has 0 spiro atoms. The highest BCUT2D eigenvalue weighted by Crippen LogP contribution is 2.28. The van der Waals surface area contributed by atoms with Gasteiger partial charge in [-0.1, -0.05) is 0 Å². The Kier molecular flexibility index (Phi) is 3.19. The van der Waals surface area contributed by atoms with Crippen LogP contribution in [-0.4, -0.2) is 20.5 Å². The number of imidazole rings is 1. The van der Waals surface area contributed by atoms with Gasteiger partial charge < -0.3 is 9.38 Å². The molecule has 6 nitrogen and oxygen atoms in total. The Balaban J connectivity index is 1.78. The number of H-pyrrole nitrogens is 1. The number of carbonyl (C=O) groups is 1. The lowest BCUT2D eigenvalue weighted by atomic mass is 10.0. The zero-order valence-corrected chi connectivity index (χ0v) is 12.7. The van der Waals surface area contributed by atoms with Crippen molar-refractivity contribution in [3.8, 4) is 11.1 Å². The van der Waals surface area contributed by atoms with Crippen molar-refractivity contribution in [2.24, 2.45) is 0 Å². The van der Waals surface area contributed by atoms with E-state index in [1.807, 2.05) is 30.6 Å². The molecule has 4 rings (SSSR count). The number of aryl methyl sites for hydroxylation is 1. The van der Waals surface area contributed by atoms with Crippen LogP contribution in [0, 0.1) is 6.92 Å². The van der Waals surface area contributed by atoms with Gasteiger partial charge in [-0.2, -0.15) is 0 Å². The predicted molar refractivity (Wildman–Crippen MR) is 88.4 cm³/mol. The number of halogens is 1. The van der Waals surface area contributed by atoms with Crippen molar-refractivity contribution in [2.75, 3.05) is 5.32 Å². The number of carbonyl (C=O) groups excluding carboxylic acids is 1. The Bertz CT molecular complexity index is 1070. The third-order valence-electron chi connectivity index (χ3n) is 3.96. The molecular formula is C17H13FN4O2. The summed E-state index contributed by atoms with van der Waals surface area (Å²) in [6.07, 6.45) is 4.21. The van der Waals surface area contributed by atoms with Crippen molar-refractivity contribution in [1.29, 1.82) is 0 Å². The number of pyridine rings is 1. The van der Waals surface area contributed by atoms with E-state index in [4.69, 9.17) is 0 Å². The molecule has 0 aliphatic rings. The number of amides is 1. The van der Waals surface area contributed by atoms with Crippen molar-refractivity contribution in [1.82, 2.24) is 14.4 Å². The molecule has 0 saturated heterocycles. The van der Waals surface area contributed by atoms with Crippen LogP contribution in [-0.2, 0) is 4.94 Å². The molecule has 0 bridgehead atoms. The Morgan fingerprint density at radius 3 is 3.00 bits per heavy atom. The van der Waals surface area contributed by atoms with Crippen LogP contribution in [0.15, 0.2) is 48.9 Å². The van der Waals surface area contributed by atoms with Gasteiger partial charge in [0.2, 0.25) is 0 Å². The van der Waals surface area contributed by atoms with E-state index >= 15 is 0 Å². The van der Waals surface area contributed by atoms with Crippen LogP contribution < -0.4 is 5.32 Å². The van der Waals surface area contributed by atoms with Gasteiger partial charge in [0.25, 0.3) is 0 Å². The van der Waals surface area contributed by atoms with E-state index < -0.39 is 6.09 Å². The number of hydrogen-bond acceptors (Lipinski definition) is 3. The van der Waals surface area contributed by atoms with Crippen molar-refractivity contribution in [3.05, 3.63) is 54.5 Å². The summed E-state index contributed by atoms with van der Waals surface area (Å²) < 4.78 is 13.6. The number of hydrogen-bond donors (Lipinski definition) is 2. The zero-order chi connectivity index (χ0) is 16.7. The van der Waals surface area contributed by atoms with E-state index in [2.05, 4.69) is 39.3 Å². The smallest absolute Gasteiger partial charge is 0.361 e. The number of aromatic nitrogens is 3. The molecule has 3 aromatic heterocycles. The molecule has 0 fully saturated rings. The third kappa shape index (κ3) is 2.36. The molecule has 24 heavy (non-hydrogen) atoms. The Hall–Kier alpha value is -3.35. The van der Waals surface area contributed by atoms with Gasteiger partial charge in [-0.3, -0.25) is 5.32 Å². The number of rotatable bonds is 2. The predicted octanol–water partition coefficient (Wildman–Crippen LogP) is 4.22. The molecule has 1 aromatic carbocycles. The molecule has 1 amide bonds. The minimum absolute atomic E-state index is 0.214. The highest BCUT2D eigenvalue weighted by molar-refractivity contribution is 5.87. The molecule has 7 heteroatoms. The lowest BCUT2D eigenvalue weighted by Gasteiger charge is -2.07. The molecule has 0 aliphatic carbocycles. The van der Waals surface area contributed by atoms with Gasteiger partial charge >= 0.3 is 6.09 Å². The lowest BCUT2D eigenvalue weighted by Crippen LogP contribution is -2.09. The van der Waals surface area contributed by atoms with Crippen LogP contribution in [0.4, 0.5) is 15.1 Å². The molecule has 120 valence electrons. The maximum absolute atomic E-state index is 11.8. The van der Waals surface area contributed by atoms with Crippen LogP contribution in [0.5, 0.6) is 0 Å². The SMILES string of the molecule is Cc1cc2cc[nH]c2cc1-c1ccc2nc(NC(=O)OF)cn2c1. The van der Waals surface area contributed by atoms with Crippen LogP contribution >= 0.6 is 0 Å². The monoisotopic (exact) mass is 324 g/mol. The maximum atomic E-state index is 11.8. The average molecular weight is 324 g/mol. The first kappa shape index (κ1) is 14.3.